The van der Waals surface area contributed by atoms with Crippen LogP contribution in [0.25, 0.3) is 22.3 Å². The Morgan fingerprint density at radius 3 is 0.750 bits per heavy atom. The number of hydrogen-bond acceptors (Lipinski definition) is 10. The molecule has 5 aromatic carbocycles. The molecule has 0 aliphatic rings. The highest BCUT2D eigenvalue weighted by atomic mass is 16.5. The number of ketones is 6. The van der Waals surface area contributed by atoms with Gasteiger partial charge in [-0.15, -0.1) is 6.07 Å². The summed E-state index contributed by atoms with van der Waals surface area (Å²) in [7, 11) is 0. The standard InChI is InChI=1S/C66H50N4O10/c1-3-79-65(77)57(61(73)51-22-13-7-14-23-51)69-40-32-47(33-41-69)45-28-36-67(37-29-45)55(59(71)49-18-9-5-10-19-49)63(75)53-26-17-27-54(44-53)64(76)56(60(72)50-20-11-6-12-21-50)68-38-30-46(31-39-68)48-34-42-70(43-35-48)58(66(78)80-4-2)62(74)52-24-15-8-16-25-52/h5-44H,3-4H2,1-2H3. The van der Waals surface area contributed by atoms with Gasteiger partial charge in [0.05, 0.1) is 38.0 Å². The second-order valence-electron chi connectivity index (χ2n) is 17.8. The molecule has 0 amide bonds. The zero-order chi connectivity index (χ0) is 56.1. The normalized spacial score (nSPS) is 10.6. The largest absolute Gasteiger partial charge is 0.465 e. The maximum atomic E-state index is 14.9. The van der Waals surface area contributed by atoms with Gasteiger partial charge in [0.15, 0.2) is 34.7 Å². The Morgan fingerprint density at radius 1 is 0.287 bits per heavy atom. The molecule has 80 heavy (non-hydrogen) atoms. The lowest BCUT2D eigenvalue weighted by molar-refractivity contribution is -0.641. The van der Waals surface area contributed by atoms with Gasteiger partial charge in [0.25, 0.3) is 12.1 Å². The zero-order valence-electron chi connectivity index (χ0n) is 43.4. The number of pyridine rings is 4. The highest BCUT2D eigenvalue weighted by Crippen LogP contribution is 2.24. The predicted molar refractivity (Wildman–Crippen MR) is 291 cm³/mol. The molecule has 0 saturated heterocycles. The minimum atomic E-state index is -0.780. The quantitative estimate of drug-likeness (QED) is 0.0212. The molecule has 0 aliphatic carbocycles. The van der Waals surface area contributed by atoms with Gasteiger partial charge in [-0.1, -0.05) is 140 Å². The summed E-state index contributed by atoms with van der Waals surface area (Å²) in [5.41, 5.74) is 3.84. The van der Waals surface area contributed by atoms with Crippen LogP contribution >= 0.6 is 0 Å². The van der Waals surface area contributed by atoms with E-state index >= 15 is 0 Å². The molecule has 0 spiro atoms. The van der Waals surface area contributed by atoms with Crippen LogP contribution in [0, 0.1) is 24.2 Å². The number of Topliss-reactive ketones (excluding diaryl/α,β-unsaturated/α-hetero) is 6. The van der Waals surface area contributed by atoms with Gasteiger partial charge in [0.1, 0.15) is 24.8 Å². The summed E-state index contributed by atoms with van der Waals surface area (Å²) in [5, 5.41) is 0. The summed E-state index contributed by atoms with van der Waals surface area (Å²) >= 11 is 0. The number of hydrogen-bond donors (Lipinski definition) is 0. The third-order valence-electron chi connectivity index (χ3n) is 12.8. The van der Waals surface area contributed by atoms with Crippen molar-refractivity contribution in [3.05, 3.63) is 301 Å². The number of aromatic nitrogens is 4. The Balaban J connectivity index is 0.993. The molecule has 0 saturated carbocycles. The van der Waals surface area contributed by atoms with Crippen LogP contribution in [0.2, 0.25) is 0 Å². The monoisotopic (exact) mass is 1060 g/mol. The van der Waals surface area contributed by atoms with E-state index in [9.17, 15) is 38.4 Å². The smallest absolute Gasteiger partial charge is 0.363 e. The summed E-state index contributed by atoms with van der Waals surface area (Å²) in [4.78, 5) is 112. The molecule has 0 N–H and O–H groups in total. The Labute approximate surface area is 461 Å². The lowest BCUT2D eigenvalue weighted by Crippen LogP contribution is -2.50. The number of rotatable bonds is 22. The first-order chi connectivity index (χ1) is 38.9. The Hall–Kier alpha value is -10.9. The van der Waals surface area contributed by atoms with Crippen molar-refractivity contribution in [3.63, 3.8) is 0 Å². The number of carbonyl (C=O) groups excluding carboxylic acids is 8. The van der Waals surface area contributed by atoms with Crippen LogP contribution < -0.4 is 18.3 Å². The van der Waals surface area contributed by atoms with Crippen LogP contribution in [0.4, 0.5) is 0 Å². The number of carbonyl (C=O) groups is 8. The lowest BCUT2D eigenvalue weighted by atomic mass is 9.91. The second kappa shape index (κ2) is 24.9. The molecule has 0 atom stereocenters. The average Bonchev–Trinajstić information content (AvgIpc) is 3.51. The first-order valence-corrected chi connectivity index (χ1v) is 25.4. The van der Waals surface area contributed by atoms with E-state index in [0.717, 1.165) is 0 Å². The Kier molecular flexibility index (Phi) is 16.8. The third-order valence-corrected chi connectivity index (χ3v) is 12.8. The van der Waals surface area contributed by atoms with Gasteiger partial charge >= 0.3 is 11.9 Å². The fraction of sp³-hybridized carbons (Fsp3) is 0.0606. The number of benzene rings is 5. The fourth-order valence-corrected chi connectivity index (χ4v) is 8.76. The molecule has 14 nitrogen and oxygen atoms in total. The Bertz CT molecular complexity index is 3470. The van der Waals surface area contributed by atoms with E-state index in [1.807, 2.05) is 0 Å². The third kappa shape index (κ3) is 11.9. The molecule has 0 bridgehead atoms. The van der Waals surface area contributed by atoms with Gasteiger partial charge in [0, 0.05) is 0 Å². The maximum absolute atomic E-state index is 14.9. The summed E-state index contributed by atoms with van der Waals surface area (Å²) in [6.07, 6.45) is 12.6. The molecule has 9 rings (SSSR count). The van der Waals surface area contributed by atoms with E-state index < -0.39 is 46.6 Å². The van der Waals surface area contributed by atoms with Crippen LogP contribution in [0.5, 0.6) is 0 Å². The molecule has 14 heteroatoms. The molecule has 4 aromatic heterocycles. The molecular weight excluding hydrogens is 1010 g/mol. The summed E-state index contributed by atoms with van der Waals surface area (Å²) in [6, 6.07) is 52.1. The molecule has 9 aromatic rings. The van der Waals surface area contributed by atoms with Crippen LogP contribution in [0.3, 0.4) is 0 Å². The van der Waals surface area contributed by atoms with Crippen LogP contribution in [-0.4, -0.2) is 59.9 Å². The van der Waals surface area contributed by atoms with Crippen molar-refractivity contribution in [2.75, 3.05) is 13.2 Å². The molecule has 0 fully saturated rings. The van der Waals surface area contributed by atoms with E-state index in [1.54, 1.807) is 233 Å². The topological polar surface area (TPSA) is 171 Å². The maximum Gasteiger partial charge on any atom is 0.363 e. The number of nitrogens with zero attached hydrogens (tertiary/aromatic N) is 4. The van der Waals surface area contributed by atoms with Gasteiger partial charge in [0.2, 0.25) is 12.1 Å². The molecule has 0 radical (unpaired) electrons. The minimum absolute atomic E-state index is 0.0000252. The van der Waals surface area contributed by atoms with Gasteiger partial charge in [-0.05, 0) is 118 Å². The van der Waals surface area contributed by atoms with Crippen molar-refractivity contribution in [1.29, 1.82) is 0 Å². The summed E-state index contributed by atoms with van der Waals surface area (Å²) in [5.74, 6) is -5.18. The van der Waals surface area contributed by atoms with Gasteiger partial charge < -0.3 is 19.1 Å². The van der Waals surface area contributed by atoms with Gasteiger partial charge in [-0.3, -0.25) is 47.0 Å². The molecule has 0 aliphatic heterocycles. The highest BCUT2D eigenvalue weighted by molar-refractivity contribution is 6.28. The Morgan fingerprint density at radius 2 is 0.500 bits per heavy atom. The van der Waals surface area contributed by atoms with Crippen LogP contribution in [-0.2, 0) is 19.1 Å². The number of ether oxygens (including phenoxy) is 2. The van der Waals surface area contributed by atoms with Crippen molar-refractivity contribution < 1.29 is 66.1 Å². The summed E-state index contributed by atoms with van der Waals surface area (Å²) < 4.78 is 16.1. The minimum Gasteiger partial charge on any atom is -0.465 e. The summed E-state index contributed by atoms with van der Waals surface area (Å²) in [6.45, 7) is 3.45. The SMILES string of the molecule is CCOC(=O)[C-](C(=O)c1ccccc1)[n+]1ccc(-c2cc[n+]([C-](C(=O)c3ccccc3)C(=O)c3cccc(C(=O)[C-](C(=O)c4ccccc4)[n+]4ccc(-c5cc[n+]([C-](C(=O)OCC)C(=O)c6ccccc6)cc5)cc4)c3)cc2)cc1. The molecule has 394 valence electrons. The van der Waals surface area contributed by atoms with E-state index in [1.165, 1.54) is 42.5 Å². The van der Waals surface area contributed by atoms with Crippen LogP contribution in [0.1, 0.15) is 76.0 Å². The van der Waals surface area contributed by atoms with Gasteiger partial charge in [-0.2, -0.15) is 0 Å². The first-order valence-electron chi connectivity index (χ1n) is 25.4. The predicted octanol–water partition coefficient (Wildman–Crippen LogP) is 8.11. The van der Waals surface area contributed by atoms with Gasteiger partial charge in [-0.25, -0.2) is 0 Å². The van der Waals surface area contributed by atoms with Crippen molar-refractivity contribution in [2.45, 2.75) is 13.8 Å². The second-order valence-corrected chi connectivity index (χ2v) is 17.8. The number of esters is 2. The molecular formula is C66H50N4O10. The van der Waals surface area contributed by atoms with E-state index in [0.29, 0.717) is 33.4 Å². The molecule has 0 unspecified atom stereocenters. The fourth-order valence-electron chi connectivity index (χ4n) is 8.76. The van der Waals surface area contributed by atoms with E-state index in [-0.39, 0.29) is 59.6 Å². The first kappa shape index (κ1) is 53.9. The van der Waals surface area contributed by atoms with Crippen molar-refractivity contribution in [1.82, 2.24) is 0 Å². The van der Waals surface area contributed by atoms with Crippen molar-refractivity contribution >= 4 is 46.6 Å². The van der Waals surface area contributed by atoms with Crippen LogP contribution in [0.15, 0.2) is 244 Å². The van der Waals surface area contributed by atoms with Crippen molar-refractivity contribution in [3.8, 4) is 22.3 Å². The van der Waals surface area contributed by atoms with E-state index in [2.05, 4.69) is 0 Å². The highest BCUT2D eigenvalue weighted by Gasteiger charge is 2.37. The molecule has 4 heterocycles. The zero-order valence-corrected chi connectivity index (χ0v) is 43.4. The van der Waals surface area contributed by atoms with Crippen molar-refractivity contribution in [2.24, 2.45) is 0 Å². The lowest BCUT2D eigenvalue weighted by Gasteiger charge is -2.19. The van der Waals surface area contributed by atoms with E-state index in [4.69, 9.17) is 9.47 Å². The average molecular weight is 1060 g/mol.